The molecule has 2 aromatic rings. The maximum Gasteiger partial charge on any atom is 0.416 e. The van der Waals surface area contributed by atoms with E-state index in [-0.39, 0.29) is 63.0 Å². The van der Waals surface area contributed by atoms with Crippen molar-refractivity contribution in [2.45, 2.75) is 70.6 Å². The largest absolute Gasteiger partial charge is 0.481 e. The van der Waals surface area contributed by atoms with Crippen LogP contribution in [0.3, 0.4) is 0 Å². The maximum absolute atomic E-state index is 13.1. The van der Waals surface area contributed by atoms with Crippen LogP contribution < -0.4 is 10.9 Å². The fourth-order valence-corrected chi connectivity index (χ4v) is 4.00. The first-order valence-corrected chi connectivity index (χ1v) is 13.5. The first-order chi connectivity index (χ1) is 20.3. The Morgan fingerprint density at radius 3 is 2.37 bits per heavy atom. The highest BCUT2D eigenvalue weighted by molar-refractivity contribution is 5.91. The fourth-order valence-electron chi connectivity index (χ4n) is 4.00. The summed E-state index contributed by atoms with van der Waals surface area (Å²) in [6.07, 6.45) is -1.20. The molecule has 0 aliphatic heterocycles. The molecule has 43 heavy (non-hydrogen) atoms. The van der Waals surface area contributed by atoms with Gasteiger partial charge < -0.3 is 19.7 Å². The van der Waals surface area contributed by atoms with Crippen LogP contribution >= 0.6 is 0 Å². The number of carbonyl (C=O) groups is 5. The van der Waals surface area contributed by atoms with Crippen LogP contribution in [0.25, 0.3) is 0 Å². The number of nitrogens with one attached hydrogen (secondary N) is 1. The summed E-state index contributed by atoms with van der Waals surface area (Å²) >= 11 is 0. The molecule has 0 radical (unpaired) electrons. The lowest BCUT2D eigenvalue weighted by Gasteiger charge is -2.17. The van der Waals surface area contributed by atoms with Crippen molar-refractivity contribution < 1.29 is 47.0 Å². The van der Waals surface area contributed by atoms with Gasteiger partial charge in [-0.1, -0.05) is 24.3 Å². The van der Waals surface area contributed by atoms with E-state index in [1.807, 2.05) is 0 Å². The standard InChI is InChI=1S/C30H33F3N2O8/c1-2-43-28(41)8-4-3-7-24(34-26(38)15-16-27(39)40)25(37)18-21-6-5-17-35(29(21)42)19-23(36)14-11-20-9-12-22(13-10-20)30(31,32)33/h4-6,8-10,12-13,17,24H,2-3,7,11,14-16,18-19H2,1H3,(H,34,38)(H,39,40)/b8-4+/t24-/m0/s1. The highest BCUT2D eigenvalue weighted by atomic mass is 19.4. The number of ketones is 2. The summed E-state index contributed by atoms with van der Waals surface area (Å²) in [6.45, 7) is 1.52. The lowest BCUT2D eigenvalue weighted by molar-refractivity contribution is -0.139. The van der Waals surface area contributed by atoms with Gasteiger partial charge in [-0.25, -0.2) is 4.79 Å². The summed E-state index contributed by atoms with van der Waals surface area (Å²) in [5.41, 5.74) is -0.802. The molecule has 10 nitrogen and oxygen atoms in total. The third kappa shape index (κ3) is 12.5. The Morgan fingerprint density at radius 2 is 1.74 bits per heavy atom. The van der Waals surface area contributed by atoms with E-state index < -0.39 is 53.4 Å². The van der Waals surface area contributed by atoms with Gasteiger partial charge in [0.2, 0.25) is 5.91 Å². The normalized spacial score (nSPS) is 12.1. The molecule has 232 valence electrons. The fraction of sp³-hybridized carbons (Fsp3) is 0.400. The number of esters is 1. The maximum atomic E-state index is 13.1. The summed E-state index contributed by atoms with van der Waals surface area (Å²) in [5, 5.41) is 11.3. The molecular weight excluding hydrogens is 573 g/mol. The minimum atomic E-state index is -4.46. The summed E-state index contributed by atoms with van der Waals surface area (Å²) < 4.78 is 44.1. The zero-order valence-electron chi connectivity index (χ0n) is 23.5. The molecule has 0 spiro atoms. The van der Waals surface area contributed by atoms with E-state index in [4.69, 9.17) is 9.84 Å². The molecule has 2 N–H and O–H groups in total. The molecule has 1 atom stereocenters. The Kier molecular flexibility index (Phi) is 13.5. The van der Waals surface area contributed by atoms with Crippen molar-refractivity contribution in [1.82, 2.24) is 9.88 Å². The molecule has 0 bridgehead atoms. The second kappa shape index (κ2) is 16.8. The van der Waals surface area contributed by atoms with Crippen LogP contribution in [0, 0.1) is 0 Å². The number of pyridine rings is 1. The SMILES string of the molecule is CCOC(=O)/C=C/CC[C@H](NC(=O)CCC(=O)O)C(=O)Cc1cccn(CC(=O)CCc2ccc(C(F)(F)F)cc2)c1=O. The predicted octanol–water partition coefficient (Wildman–Crippen LogP) is 3.43. The van der Waals surface area contributed by atoms with E-state index in [0.29, 0.717) is 5.56 Å². The van der Waals surface area contributed by atoms with Crippen LogP contribution in [-0.4, -0.2) is 51.7 Å². The van der Waals surface area contributed by atoms with E-state index in [9.17, 15) is 41.9 Å². The summed E-state index contributed by atoms with van der Waals surface area (Å²) in [6, 6.07) is 6.26. The van der Waals surface area contributed by atoms with Crippen molar-refractivity contribution in [1.29, 1.82) is 0 Å². The first kappa shape index (κ1) is 34.7. The van der Waals surface area contributed by atoms with Crippen molar-refractivity contribution >= 4 is 29.4 Å². The number of nitrogens with zero attached hydrogens (tertiary/aromatic N) is 1. The number of hydrogen-bond donors (Lipinski definition) is 2. The van der Waals surface area contributed by atoms with Crippen molar-refractivity contribution in [3.8, 4) is 0 Å². The summed E-state index contributed by atoms with van der Waals surface area (Å²) in [4.78, 5) is 73.2. The van der Waals surface area contributed by atoms with Crippen LogP contribution in [0.2, 0.25) is 0 Å². The average molecular weight is 607 g/mol. The topological polar surface area (TPSA) is 149 Å². The third-order valence-corrected chi connectivity index (χ3v) is 6.24. The zero-order chi connectivity index (χ0) is 32.0. The van der Waals surface area contributed by atoms with Crippen LogP contribution in [0.5, 0.6) is 0 Å². The number of carboxylic acid groups (broad SMARTS) is 1. The van der Waals surface area contributed by atoms with Gasteiger partial charge in [0.05, 0.1) is 31.2 Å². The molecule has 0 aliphatic carbocycles. The number of ether oxygens (including phenoxy) is 1. The molecule has 1 aromatic carbocycles. The van der Waals surface area contributed by atoms with Gasteiger partial charge in [-0.3, -0.25) is 24.0 Å². The monoisotopic (exact) mass is 606 g/mol. The Hall–Kier alpha value is -4.55. The van der Waals surface area contributed by atoms with Crippen molar-refractivity contribution in [3.05, 3.63) is 81.8 Å². The Morgan fingerprint density at radius 1 is 1.05 bits per heavy atom. The smallest absolute Gasteiger partial charge is 0.416 e. The number of alkyl halides is 3. The van der Waals surface area contributed by atoms with Gasteiger partial charge >= 0.3 is 18.1 Å². The second-order valence-electron chi connectivity index (χ2n) is 9.59. The average Bonchev–Trinajstić information content (AvgIpc) is 2.94. The first-order valence-electron chi connectivity index (χ1n) is 13.5. The van der Waals surface area contributed by atoms with Gasteiger partial charge in [-0.2, -0.15) is 13.2 Å². The van der Waals surface area contributed by atoms with Gasteiger partial charge in [-0.05, 0) is 49.9 Å². The number of aromatic nitrogens is 1. The van der Waals surface area contributed by atoms with Gasteiger partial charge in [0.25, 0.3) is 5.56 Å². The molecule has 0 fully saturated rings. The molecule has 0 aliphatic rings. The van der Waals surface area contributed by atoms with Gasteiger partial charge in [0, 0.05) is 37.1 Å². The molecule has 2 rings (SSSR count). The number of benzene rings is 1. The van der Waals surface area contributed by atoms with Crippen molar-refractivity contribution in [2.75, 3.05) is 6.61 Å². The van der Waals surface area contributed by atoms with Gasteiger partial charge in [0.1, 0.15) is 0 Å². The number of aliphatic carboxylic acids is 1. The number of amides is 1. The number of halogens is 3. The molecule has 1 heterocycles. The van der Waals surface area contributed by atoms with Crippen LogP contribution in [0.4, 0.5) is 13.2 Å². The Bertz CT molecular complexity index is 1380. The van der Waals surface area contributed by atoms with Crippen LogP contribution in [-0.2, 0) is 54.3 Å². The Labute approximate surface area is 245 Å². The molecular formula is C30H33F3N2O8. The summed E-state index contributed by atoms with van der Waals surface area (Å²) in [7, 11) is 0. The molecule has 0 unspecified atom stereocenters. The zero-order valence-corrected chi connectivity index (χ0v) is 23.5. The molecule has 13 heteroatoms. The molecule has 0 saturated heterocycles. The van der Waals surface area contributed by atoms with E-state index in [0.717, 1.165) is 16.7 Å². The quantitative estimate of drug-likeness (QED) is 0.206. The molecule has 1 aromatic heterocycles. The highest BCUT2D eigenvalue weighted by Crippen LogP contribution is 2.29. The lowest BCUT2D eigenvalue weighted by Crippen LogP contribution is -2.42. The molecule has 1 amide bonds. The number of carboxylic acids is 1. The van der Waals surface area contributed by atoms with Crippen LogP contribution in [0.1, 0.15) is 55.7 Å². The van der Waals surface area contributed by atoms with E-state index >= 15 is 0 Å². The number of aryl methyl sites for hydroxylation is 1. The van der Waals surface area contributed by atoms with Gasteiger partial charge in [-0.15, -0.1) is 0 Å². The highest BCUT2D eigenvalue weighted by Gasteiger charge is 2.30. The van der Waals surface area contributed by atoms with E-state index in [1.54, 1.807) is 6.92 Å². The predicted molar refractivity (Wildman–Crippen MR) is 148 cm³/mol. The number of carbonyl (C=O) groups excluding carboxylic acids is 4. The number of allylic oxidation sites excluding steroid dienone is 1. The van der Waals surface area contributed by atoms with Crippen LogP contribution in [0.15, 0.2) is 59.5 Å². The number of Topliss-reactive ketones (excluding diaryl/α,β-unsaturated/α-hetero) is 2. The van der Waals surface area contributed by atoms with Crippen molar-refractivity contribution in [2.24, 2.45) is 0 Å². The van der Waals surface area contributed by atoms with Gasteiger partial charge in [0.15, 0.2) is 11.6 Å². The van der Waals surface area contributed by atoms with E-state index in [2.05, 4.69) is 5.32 Å². The second-order valence-corrected chi connectivity index (χ2v) is 9.59. The lowest BCUT2D eigenvalue weighted by atomic mass is 10.00. The third-order valence-electron chi connectivity index (χ3n) is 6.24. The summed E-state index contributed by atoms with van der Waals surface area (Å²) in [5.74, 6) is -3.30. The van der Waals surface area contributed by atoms with E-state index in [1.165, 1.54) is 42.6 Å². The number of rotatable bonds is 17. The number of hydrogen-bond acceptors (Lipinski definition) is 7. The molecule has 0 saturated carbocycles. The Balaban J connectivity index is 2.06. The minimum absolute atomic E-state index is 0.0231. The van der Waals surface area contributed by atoms with Crippen molar-refractivity contribution in [3.63, 3.8) is 0 Å². The minimum Gasteiger partial charge on any atom is -0.481 e.